The number of hydrogen-bond acceptors (Lipinski definition) is 5. The molecule has 8 heteroatoms. The van der Waals surface area contributed by atoms with E-state index in [9.17, 15) is 5.11 Å². The van der Waals surface area contributed by atoms with Gasteiger partial charge in [-0.1, -0.05) is 19.9 Å². The summed E-state index contributed by atoms with van der Waals surface area (Å²) < 4.78 is 5.48. The molecule has 6 nitrogen and oxygen atoms in total. The maximum Gasteiger partial charge on any atom is 0.191 e. The van der Waals surface area contributed by atoms with Gasteiger partial charge < -0.3 is 20.5 Å². The molecule has 0 bridgehead atoms. The summed E-state index contributed by atoms with van der Waals surface area (Å²) in [4.78, 5) is 8.05. The predicted molar refractivity (Wildman–Crippen MR) is 124 cm³/mol. The van der Waals surface area contributed by atoms with Crippen molar-refractivity contribution >= 4 is 41.3 Å². The van der Waals surface area contributed by atoms with Crippen molar-refractivity contribution in [1.29, 1.82) is 0 Å². The van der Waals surface area contributed by atoms with E-state index in [4.69, 9.17) is 4.74 Å². The highest BCUT2D eigenvalue weighted by atomic mass is 127. The number of guanidine groups is 1. The molecular formula is C19H35IN4O2S. The average Bonchev–Trinajstić information content (AvgIpc) is 3.16. The van der Waals surface area contributed by atoms with Crippen LogP contribution in [0.25, 0.3) is 0 Å². The highest BCUT2D eigenvalue weighted by molar-refractivity contribution is 14.0. The Morgan fingerprint density at radius 2 is 2.07 bits per heavy atom. The van der Waals surface area contributed by atoms with E-state index in [0.717, 1.165) is 50.2 Å². The highest BCUT2D eigenvalue weighted by Crippen LogP contribution is 2.25. The number of nitrogens with one attached hydrogen (secondary N) is 2. The molecule has 2 atom stereocenters. The summed E-state index contributed by atoms with van der Waals surface area (Å²) in [6, 6.07) is 4.34. The first kappa shape index (κ1) is 24.6. The van der Waals surface area contributed by atoms with Crippen LogP contribution in [0, 0.1) is 5.92 Å². The Morgan fingerprint density at radius 1 is 1.37 bits per heavy atom. The topological polar surface area (TPSA) is 69.1 Å². The van der Waals surface area contributed by atoms with Crippen molar-refractivity contribution in [3.05, 3.63) is 22.4 Å². The number of aliphatic hydroxyl groups is 1. The number of nitrogens with zero attached hydrogens (tertiary/aromatic N) is 2. The van der Waals surface area contributed by atoms with E-state index in [-0.39, 0.29) is 24.0 Å². The molecule has 1 aromatic rings. The van der Waals surface area contributed by atoms with Crippen molar-refractivity contribution in [3.8, 4) is 0 Å². The SMILES string of the molecule is CCNC(=NCC(C)(O)c1cccs1)NCC(C(C)C)N1CCOCC1.I. The zero-order valence-corrected chi connectivity index (χ0v) is 20.0. The molecule has 3 N–H and O–H groups in total. The summed E-state index contributed by atoms with van der Waals surface area (Å²) in [7, 11) is 0. The molecule has 2 rings (SSSR count). The van der Waals surface area contributed by atoms with Crippen LogP contribution in [0.1, 0.15) is 32.6 Å². The Balaban J connectivity index is 0.00000364. The van der Waals surface area contributed by atoms with Gasteiger partial charge in [0.2, 0.25) is 0 Å². The molecule has 27 heavy (non-hydrogen) atoms. The van der Waals surface area contributed by atoms with Gasteiger partial charge in [-0.2, -0.15) is 0 Å². The van der Waals surface area contributed by atoms with Crippen LogP contribution in [0.2, 0.25) is 0 Å². The van der Waals surface area contributed by atoms with Crippen molar-refractivity contribution < 1.29 is 9.84 Å². The highest BCUT2D eigenvalue weighted by Gasteiger charge is 2.25. The second-order valence-corrected chi connectivity index (χ2v) is 8.23. The largest absolute Gasteiger partial charge is 0.383 e. The molecule has 0 amide bonds. The second kappa shape index (κ2) is 12.2. The van der Waals surface area contributed by atoms with Crippen LogP contribution in [0.15, 0.2) is 22.5 Å². The van der Waals surface area contributed by atoms with Gasteiger partial charge in [0, 0.05) is 37.1 Å². The van der Waals surface area contributed by atoms with Crippen molar-refractivity contribution in [2.24, 2.45) is 10.9 Å². The smallest absolute Gasteiger partial charge is 0.191 e. The number of rotatable bonds is 8. The quantitative estimate of drug-likeness (QED) is 0.285. The fourth-order valence-electron chi connectivity index (χ4n) is 3.13. The summed E-state index contributed by atoms with van der Waals surface area (Å²) >= 11 is 1.56. The molecule has 0 spiro atoms. The van der Waals surface area contributed by atoms with Crippen LogP contribution < -0.4 is 10.6 Å². The van der Waals surface area contributed by atoms with Crippen LogP contribution in [0.3, 0.4) is 0 Å². The molecule has 0 radical (unpaired) electrons. The summed E-state index contributed by atoms with van der Waals surface area (Å²) in [5, 5.41) is 19.4. The van der Waals surface area contributed by atoms with Gasteiger partial charge in [0.25, 0.3) is 0 Å². The third-order valence-electron chi connectivity index (χ3n) is 4.70. The zero-order valence-electron chi connectivity index (χ0n) is 16.9. The number of aliphatic imine (C=N–C) groups is 1. The van der Waals surface area contributed by atoms with Crippen LogP contribution >= 0.6 is 35.3 Å². The van der Waals surface area contributed by atoms with E-state index >= 15 is 0 Å². The summed E-state index contributed by atoms with van der Waals surface area (Å²) in [6.45, 7) is 13.9. The van der Waals surface area contributed by atoms with E-state index in [2.05, 4.69) is 41.3 Å². The fourth-order valence-corrected chi connectivity index (χ4v) is 3.91. The third kappa shape index (κ3) is 7.84. The molecule has 1 aromatic heterocycles. The molecule has 0 aliphatic carbocycles. The van der Waals surface area contributed by atoms with Gasteiger partial charge in [-0.15, -0.1) is 35.3 Å². The van der Waals surface area contributed by atoms with E-state index in [1.54, 1.807) is 11.3 Å². The predicted octanol–water partition coefficient (Wildman–Crippen LogP) is 2.49. The van der Waals surface area contributed by atoms with Gasteiger partial charge in [-0.3, -0.25) is 4.90 Å². The molecule has 156 valence electrons. The van der Waals surface area contributed by atoms with E-state index in [1.807, 2.05) is 24.4 Å². The summed E-state index contributed by atoms with van der Waals surface area (Å²) in [5.41, 5.74) is -0.946. The minimum Gasteiger partial charge on any atom is -0.383 e. The monoisotopic (exact) mass is 510 g/mol. The van der Waals surface area contributed by atoms with Crippen LogP contribution in [-0.4, -0.2) is 67.9 Å². The normalized spacial score (nSPS) is 19.3. The van der Waals surface area contributed by atoms with E-state index in [1.165, 1.54) is 0 Å². The van der Waals surface area contributed by atoms with Gasteiger partial charge in [-0.25, -0.2) is 4.99 Å². The number of morpholine rings is 1. The lowest BCUT2D eigenvalue weighted by Gasteiger charge is -2.37. The number of halogens is 1. The lowest BCUT2D eigenvalue weighted by molar-refractivity contribution is 0.00750. The van der Waals surface area contributed by atoms with Crippen molar-refractivity contribution in [3.63, 3.8) is 0 Å². The standard InChI is InChI=1S/C19H34N4O2S.HI/c1-5-20-18(22-14-19(4,24)17-7-6-12-26-17)21-13-16(15(2)3)23-8-10-25-11-9-23;/h6-7,12,15-16,24H,5,8-11,13-14H2,1-4H3,(H2,20,21,22);1H. The Kier molecular flexibility index (Phi) is 11.1. The molecule has 2 heterocycles. The molecule has 1 fully saturated rings. The minimum absolute atomic E-state index is 0. The van der Waals surface area contributed by atoms with Crippen molar-refractivity contribution in [2.75, 3.05) is 45.9 Å². The molecule has 0 saturated carbocycles. The fraction of sp³-hybridized carbons (Fsp3) is 0.737. The number of ether oxygens (including phenoxy) is 1. The van der Waals surface area contributed by atoms with E-state index < -0.39 is 5.60 Å². The maximum atomic E-state index is 10.7. The van der Waals surface area contributed by atoms with Crippen molar-refractivity contribution in [2.45, 2.75) is 39.3 Å². The maximum absolute atomic E-state index is 10.7. The minimum atomic E-state index is -0.946. The zero-order chi connectivity index (χ0) is 19.0. The Morgan fingerprint density at radius 3 is 2.63 bits per heavy atom. The Bertz CT molecular complexity index is 546. The third-order valence-corrected chi connectivity index (χ3v) is 5.83. The van der Waals surface area contributed by atoms with Crippen LogP contribution in [0.4, 0.5) is 0 Å². The Labute approximate surface area is 184 Å². The lowest BCUT2D eigenvalue weighted by Crippen LogP contribution is -2.52. The Hall–Kier alpha value is -0.420. The van der Waals surface area contributed by atoms with Crippen molar-refractivity contribution in [1.82, 2.24) is 15.5 Å². The van der Waals surface area contributed by atoms with Gasteiger partial charge in [-0.05, 0) is 31.2 Å². The molecule has 1 aliphatic heterocycles. The second-order valence-electron chi connectivity index (χ2n) is 7.29. The first-order valence-electron chi connectivity index (χ1n) is 9.54. The molecule has 1 saturated heterocycles. The summed E-state index contributed by atoms with van der Waals surface area (Å²) in [5.74, 6) is 1.29. The first-order valence-corrected chi connectivity index (χ1v) is 10.4. The number of hydrogen-bond donors (Lipinski definition) is 3. The molecular weight excluding hydrogens is 475 g/mol. The average molecular weight is 510 g/mol. The number of thiophene rings is 1. The van der Waals surface area contributed by atoms with Gasteiger partial charge in [0.15, 0.2) is 5.96 Å². The summed E-state index contributed by atoms with van der Waals surface area (Å²) in [6.07, 6.45) is 0. The lowest BCUT2D eigenvalue weighted by atomic mass is 10.0. The van der Waals surface area contributed by atoms with Crippen LogP contribution in [0.5, 0.6) is 0 Å². The first-order chi connectivity index (χ1) is 12.4. The van der Waals surface area contributed by atoms with Crippen LogP contribution in [-0.2, 0) is 10.3 Å². The van der Waals surface area contributed by atoms with E-state index in [0.29, 0.717) is 18.5 Å². The van der Waals surface area contributed by atoms with Gasteiger partial charge in [0.1, 0.15) is 5.60 Å². The van der Waals surface area contributed by atoms with Gasteiger partial charge >= 0.3 is 0 Å². The van der Waals surface area contributed by atoms with Gasteiger partial charge in [0.05, 0.1) is 19.8 Å². The molecule has 0 aromatic carbocycles. The molecule has 1 aliphatic rings. The molecule has 2 unspecified atom stereocenters.